The van der Waals surface area contributed by atoms with Gasteiger partial charge in [0, 0.05) is 0 Å². The van der Waals surface area contributed by atoms with Gasteiger partial charge in [0.25, 0.3) is 0 Å². The van der Waals surface area contributed by atoms with Gasteiger partial charge in [-0.25, -0.2) is 0 Å². The minimum atomic E-state index is -0.367. The molecule has 138 valence electrons. The van der Waals surface area contributed by atoms with Crippen molar-refractivity contribution in [2.75, 3.05) is 46.5 Å². The highest BCUT2D eigenvalue weighted by molar-refractivity contribution is 4.81. The molecule has 1 aliphatic carbocycles. The average molecular weight is 441 g/mol. The fourth-order valence-corrected chi connectivity index (χ4v) is 4.07. The van der Waals surface area contributed by atoms with E-state index in [9.17, 15) is 5.11 Å². The van der Waals surface area contributed by atoms with E-state index in [0.717, 1.165) is 49.7 Å². The largest absolute Gasteiger partial charge is 1.00 e. The van der Waals surface area contributed by atoms with E-state index < -0.39 is 0 Å². The molecule has 2 fully saturated rings. The molecule has 1 aliphatic heterocycles. The number of ether oxygens (including phenoxy) is 2. The van der Waals surface area contributed by atoms with Crippen LogP contribution in [0.3, 0.4) is 0 Å². The number of quaternary nitrogens is 1. The Kier molecular flexibility index (Phi) is 9.30. The van der Waals surface area contributed by atoms with E-state index in [0.29, 0.717) is 24.5 Å². The number of aliphatic hydroxyl groups excluding tert-OH is 1. The van der Waals surface area contributed by atoms with E-state index in [2.05, 4.69) is 27.8 Å². The summed E-state index contributed by atoms with van der Waals surface area (Å²) in [5.74, 6) is 2.07. The second-order valence-electron chi connectivity index (χ2n) is 8.21. The monoisotopic (exact) mass is 441 g/mol. The van der Waals surface area contributed by atoms with Crippen LogP contribution in [0.5, 0.6) is 0 Å². The lowest BCUT2D eigenvalue weighted by atomic mass is 9.75. The van der Waals surface area contributed by atoms with Crippen LogP contribution in [0.2, 0.25) is 0 Å². The minimum Gasteiger partial charge on any atom is -1.00 e. The summed E-state index contributed by atoms with van der Waals surface area (Å²) < 4.78 is 12.5. The molecule has 0 amide bonds. The van der Waals surface area contributed by atoms with E-state index in [4.69, 9.17) is 9.47 Å². The maximum Gasteiger partial charge on any atom is 0.126 e. The Bertz CT molecular complexity index is 334. The van der Waals surface area contributed by atoms with Crippen molar-refractivity contribution in [2.24, 2.45) is 17.8 Å². The summed E-state index contributed by atoms with van der Waals surface area (Å²) in [5, 5.41) is 10.4. The standard InChI is InChI=1S/C18H36NO3.HI/c1-14(2)17-6-5-15(3)11-18(17)22-13-16(20)12-19(4)7-9-21-10-8-19;/h14-18,20H,5-13H2,1-4H3;1H/q+1;/p-1. The highest BCUT2D eigenvalue weighted by Gasteiger charge is 2.33. The zero-order valence-electron chi connectivity index (χ0n) is 15.3. The molecule has 5 heteroatoms. The van der Waals surface area contributed by atoms with Crippen LogP contribution >= 0.6 is 0 Å². The molecule has 0 aromatic carbocycles. The van der Waals surface area contributed by atoms with Crippen molar-refractivity contribution in [3.63, 3.8) is 0 Å². The van der Waals surface area contributed by atoms with E-state index in [1.54, 1.807) is 0 Å². The normalized spacial score (nSPS) is 32.3. The smallest absolute Gasteiger partial charge is 0.126 e. The first-order valence-electron chi connectivity index (χ1n) is 9.10. The summed E-state index contributed by atoms with van der Waals surface area (Å²) in [7, 11) is 2.21. The van der Waals surface area contributed by atoms with Crippen molar-refractivity contribution in [3.8, 4) is 0 Å². The van der Waals surface area contributed by atoms with Crippen LogP contribution in [0, 0.1) is 17.8 Å². The van der Waals surface area contributed by atoms with Gasteiger partial charge in [0.15, 0.2) is 0 Å². The molecular weight excluding hydrogens is 405 g/mol. The molecule has 4 unspecified atom stereocenters. The summed E-state index contributed by atoms with van der Waals surface area (Å²) in [6.07, 6.45) is 3.70. The summed E-state index contributed by atoms with van der Waals surface area (Å²) in [5.41, 5.74) is 0. The third-order valence-corrected chi connectivity index (χ3v) is 5.67. The fourth-order valence-electron chi connectivity index (χ4n) is 4.07. The van der Waals surface area contributed by atoms with Crippen LogP contribution in [-0.2, 0) is 9.47 Å². The Hall–Kier alpha value is 0.570. The van der Waals surface area contributed by atoms with Crippen molar-refractivity contribution < 1.29 is 43.0 Å². The van der Waals surface area contributed by atoms with E-state index in [1.807, 2.05) is 0 Å². The molecule has 0 radical (unpaired) electrons. The number of aliphatic hydroxyl groups is 1. The van der Waals surface area contributed by atoms with E-state index in [-0.39, 0.29) is 30.1 Å². The topological polar surface area (TPSA) is 38.7 Å². The molecule has 4 atom stereocenters. The van der Waals surface area contributed by atoms with Gasteiger partial charge >= 0.3 is 0 Å². The van der Waals surface area contributed by atoms with Crippen molar-refractivity contribution in [1.29, 1.82) is 0 Å². The quantitative estimate of drug-likeness (QED) is 0.438. The van der Waals surface area contributed by atoms with Gasteiger partial charge in [-0.05, 0) is 30.6 Å². The molecule has 1 saturated heterocycles. The molecule has 0 aromatic rings. The van der Waals surface area contributed by atoms with Crippen LogP contribution in [-0.4, -0.2) is 68.3 Å². The van der Waals surface area contributed by atoms with Gasteiger partial charge < -0.3 is 43.0 Å². The van der Waals surface area contributed by atoms with Crippen molar-refractivity contribution in [1.82, 2.24) is 0 Å². The second kappa shape index (κ2) is 9.90. The molecule has 2 aliphatic rings. The molecule has 1 saturated carbocycles. The van der Waals surface area contributed by atoms with Gasteiger partial charge in [-0.2, -0.15) is 0 Å². The Balaban J connectivity index is 0.00000264. The van der Waals surface area contributed by atoms with Gasteiger partial charge in [-0.15, -0.1) is 0 Å². The summed E-state index contributed by atoms with van der Waals surface area (Å²) in [6, 6.07) is 0. The minimum absolute atomic E-state index is 0. The molecule has 1 N–H and O–H groups in total. The number of halogens is 1. The van der Waals surface area contributed by atoms with Crippen molar-refractivity contribution >= 4 is 0 Å². The predicted molar refractivity (Wildman–Crippen MR) is 88.7 cm³/mol. The molecule has 2 rings (SSSR count). The van der Waals surface area contributed by atoms with Gasteiger partial charge in [0.2, 0.25) is 0 Å². The first-order chi connectivity index (χ1) is 10.4. The van der Waals surface area contributed by atoms with Crippen LogP contribution in [0.1, 0.15) is 40.0 Å². The molecule has 0 spiro atoms. The number of nitrogens with zero attached hydrogens (tertiary/aromatic N) is 1. The predicted octanol–water partition coefficient (Wildman–Crippen LogP) is -0.694. The summed E-state index contributed by atoms with van der Waals surface area (Å²) in [4.78, 5) is 0. The zero-order chi connectivity index (χ0) is 16.2. The van der Waals surface area contributed by atoms with Crippen molar-refractivity contribution in [3.05, 3.63) is 0 Å². The SMILES string of the molecule is CC1CCC(C(C)C)C(OCC(O)C[N+]2(C)CCOCC2)C1.[I-]. The zero-order valence-corrected chi connectivity index (χ0v) is 17.5. The number of likely N-dealkylation sites (N-methyl/N-ethyl adjacent to an activating group) is 1. The van der Waals surface area contributed by atoms with Crippen LogP contribution in [0.15, 0.2) is 0 Å². The van der Waals surface area contributed by atoms with Crippen LogP contribution in [0.25, 0.3) is 0 Å². The lowest BCUT2D eigenvalue weighted by Gasteiger charge is -2.40. The fraction of sp³-hybridized carbons (Fsp3) is 1.00. The third kappa shape index (κ3) is 6.77. The Morgan fingerprint density at radius 2 is 1.87 bits per heavy atom. The lowest BCUT2D eigenvalue weighted by Crippen LogP contribution is -3.00. The van der Waals surface area contributed by atoms with Gasteiger partial charge in [0.1, 0.15) is 25.7 Å². The third-order valence-electron chi connectivity index (χ3n) is 5.67. The molecular formula is C18H36INO3. The summed E-state index contributed by atoms with van der Waals surface area (Å²) in [6.45, 7) is 11.8. The number of rotatable bonds is 6. The van der Waals surface area contributed by atoms with E-state index in [1.165, 1.54) is 12.8 Å². The first kappa shape index (κ1) is 21.6. The Morgan fingerprint density at radius 1 is 1.22 bits per heavy atom. The molecule has 4 nitrogen and oxygen atoms in total. The maximum absolute atomic E-state index is 10.4. The summed E-state index contributed by atoms with van der Waals surface area (Å²) >= 11 is 0. The maximum atomic E-state index is 10.4. The molecule has 1 heterocycles. The molecule has 0 bridgehead atoms. The highest BCUT2D eigenvalue weighted by atomic mass is 127. The van der Waals surface area contributed by atoms with Gasteiger partial charge in [-0.1, -0.05) is 27.2 Å². The average Bonchev–Trinajstić information content (AvgIpc) is 2.45. The Labute approximate surface area is 159 Å². The number of hydrogen-bond acceptors (Lipinski definition) is 3. The van der Waals surface area contributed by atoms with Crippen molar-refractivity contribution in [2.45, 2.75) is 52.2 Å². The second-order valence-corrected chi connectivity index (χ2v) is 8.21. The molecule has 0 aromatic heterocycles. The Morgan fingerprint density at radius 3 is 2.48 bits per heavy atom. The number of hydrogen-bond donors (Lipinski definition) is 1. The first-order valence-corrected chi connectivity index (χ1v) is 9.10. The van der Waals surface area contributed by atoms with Gasteiger partial charge in [0.05, 0.1) is 33.0 Å². The van der Waals surface area contributed by atoms with Crippen LogP contribution < -0.4 is 24.0 Å². The molecule has 23 heavy (non-hydrogen) atoms. The highest BCUT2D eigenvalue weighted by Crippen LogP contribution is 2.35. The van der Waals surface area contributed by atoms with Crippen LogP contribution in [0.4, 0.5) is 0 Å². The number of morpholine rings is 1. The van der Waals surface area contributed by atoms with Gasteiger partial charge in [-0.3, -0.25) is 0 Å². The lowest BCUT2D eigenvalue weighted by molar-refractivity contribution is -0.919. The van der Waals surface area contributed by atoms with E-state index >= 15 is 0 Å².